The first-order valence-electron chi connectivity index (χ1n) is 12.3. The molecule has 11 heteroatoms. The predicted octanol–water partition coefficient (Wildman–Crippen LogP) is 0.745. The number of nitriles is 1. The standard InChI is InChI=1S/C25H35BN4O6/c1-25(2,30-10-12-35-13-11-30)15-21(16-27)23(31)29-9-8-20(17-29)18-36-24(32)28-22(26(33)34)14-19-6-4-3-5-7-19/h3-7,15,20,22,33-34H,8-14,17-18H2,1-2H3,(H,28,32)/t20-,22?/m0/s1. The van der Waals surface area contributed by atoms with Crippen molar-refractivity contribution in [3.05, 3.63) is 47.5 Å². The molecular weight excluding hydrogens is 463 g/mol. The predicted molar refractivity (Wildman–Crippen MR) is 133 cm³/mol. The summed E-state index contributed by atoms with van der Waals surface area (Å²) in [7, 11) is -1.74. The smallest absolute Gasteiger partial charge is 0.449 e. The summed E-state index contributed by atoms with van der Waals surface area (Å²) in [5, 5.41) is 31.4. The number of ether oxygens (including phenoxy) is 2. The SMILES string of the molecule is CC(C)(C=C(C#N)C(=O)N1CC[C@H](COC(=O)NC(Cc2ccccc2)B(O)O)C1)N1CCOCC1. The highest BCUT2D eigenvalue weighted by atomic mass is 16.5. The Kier molecular flexibility index (Phi) is 9.90. The van der Waals surface area contributed by atoms with Crippen LogP contribution in [0.25, 0.3) is 0 Å². The van der Waals surface area contributed by atoms with Gasteiger partial charge in [-0.2, -0.15) is 5.26 Å². The third-order valence-corrected chi connectivity index (χ3v) is 6.66. The van der Waals surface area contributed by atoms with Gasteiger partial charge in [-0.15, -0.1) is 0 Å². The van der Waals surface area contributed by atoms with E-state index in [1.54, 1.807) is 11.0 Å². The molecule has 2 fully saturated rings. The summed E-state index contributed by atoms with van der Waals surface area (Å²) in [5.41, 5.74) is 0.490. The van der Waals surface area contributed by atoms with Crippen molar-refractivity contribution in [2.75, 3.05) is 46.0 Å². The summed E-state index contributed by atoms with van der Waals surface area (Å²) < 4.78 is 10.7. The van der Waals surface area contributed by atoms with Crippen LogP contribution in [0.1, 0.15) is 25.8 Å². The van der Waals surface area contributed by atoms with Crippen LogP contribution < -0.4 is 5.32 Å². The zero-order chi connectivity index (χ0) is 26.1. The Labute approximate surface area is 212 Å². The van der Waals surface area contributed by atoms with Gasteiger partial charge in [-0.3, -0.25) is 9.69 Å². The molecule has 3 rings (SSSR count). The lowest BCUT2D eigenvalue weighted by Gasteiger charge is -2.39. The summed E-state index contributed by atoms with van der Waals surface area (Å²) in [6.45, 7) is 7.61. The highest BCUT2D eigenvalue weighted by Crippen LogP contribution is 2.23. The molecule has 0 aliphatic carbocycles. The highest BCUT2D eigenvalue weighted by molar-refractivity contribution is 6.43. The van der Waals surface area contributed by atoms with E-state index in [1.165, 1.54) is 0 Å². The maximum atomic E-state index is 13.0. The number of likely N-dealkylation sites (tertiary alicyclic amines) is 1. The second-order valence-corrected chi connectivity index (χ2v) is 9.78. The number of benzene rings is 1. The monoisotopic (exact) mass is 498 g/mol. The van der Waals surface area contributed by atoms with E-state index in [4.69, 9.17) is 9.47 Å². The molecule has 1 aromatic carbocycles. The number of morpholine rings is 1. The van der Waals surface area contributed by atoms with E-state index in [2.05, 4.69) is 16.3 Å². The van der Waals surface area contributed by atoms with Crippen LogP contribution >= 0.6 is 0 Å². The minimum atomic E-state index is -1.74. The van der Waals surface area contributed by atoms with E-state index >= 15 is 0 Å². The van der Waals surface area contributed by atoms with Crippen LogP contribution in [-0.2, 0) is 20.7 Å². The van der Waals surface area contributed by atoms with Crippen molar-refractivity contribution in [3.63, 3.8) is 0 Å². The van der Waals surface area contributed by atoms with Gasteiger partial charge in [0.05, 0.1) is 25.8 Å². The first kappa shape index (κ1) is 27.7. The molecule has 194 valence electrons. The maximum Gasteiger partial charge on any atom is 0.475 e. The van der Waals surface area contributed by atoms with Crippen molar-refractivity contribution in [3.8, 4) is 6.07 Å². The number of nitrogens with zero attached hydrogens (tertiary/aromatic N) is 3. The minimum Gasteiger partial charge on any atom is -0.449 e. The van der Waals surface area contributed by atoms with E-state index in [9.17, 15) is 24.9 Å². The van der Waals surface area contributed by atoms with E-state index in [0.717, 1.165) is 18.7 Å². The molecule has 0 bridgehead atoms. The van der Waals surface area contributed by atoms with Crippen molar-refractivity contribution >= 4 is 19.1 Å². The van der Waals surface area contributed by atoms with Gasteiger partial charge in [0.1, 0.15) is 11.6 Å². The van der Waals surface area contributed by atoms with Crippen LogP contribution in [-0.4, -0.2) is 96.4 Å². The molecule has 2 aliphatic heterocycles. The minimum absolute atomic E-state index is 0.0708. The van der Waals surface area contributed by atoms with Gasteiger partial charge in [-0.05, 0) is 38.3 Å². The molecule has 2 saturated heterocycles. The third-order valence-electron chi connectivity index (χ3n) is 6.66. The molecule has 36 heavy (non-hydrogen) atoms. The number of alkyl carbamates (subject to hydrolysis) is 1. The normalized spacial score (nSPS) is 19.9. The molecule has 10 nitrogen and oxygen atoms in total. The summed E-state index contributed by atoms with van der Waals surface area (Å²) in [4.78, 5) is 29.1. The Morgan fingerprint density at radius 1 is 1.28 bits per heavy atom. The molecule has 0 saturated carbocycles. The fraction of sp³-hybridized carbons (Fsp3) is 0.560. The van der Waals surface area contributed by atoms with Crippen LogP contribution in [0, 0.1) is 17.2 Å². The lowest BCUT2D eigenvalue weighted by Crippen LogP contribution is -2.49. The molecule has 3 N–H and O–H groups in total. The first-order valence-corrected chi connectivity index (χ1v) is 12.3. The molecule has 0 aromatic heterocycles. The van der Waals surface area contributed by atoms with Gasteiger partial charge in [0, 0.05) is 37.6 Å². The lowest BCUT2D eigenvalue weighted by molar-refractivity contribution is -0.126. The van der Waals surface area contributed by atoms with Gasteiger partial charge in [-0.25, -0.2) is 4.79 Å². The molecule has 1 aromatic rings. The van der Waals surface area contributed by atoms with Crippen molar-refractivity contribution in [2.24, 2.45) is 5.92 Å². The molecule has 0 spiro atoms. The van der Waals surface area contributed by atoms with E-state index in [1.807, 2.05) is 44.2 Å². The summed E-state index contributed by atoms with van der Waals surface area (Å²) >= 11 is 0. The van der Waals surface area contributed by atoms with E-state index in [0.29, 0.717) is 32.7 Å². The molecule has 2 aliphatic rings. The van der Waals surface area contributed by atoms with Crippen molar-refractivity contribution in [1.29, 1.82) is 5.26 Å². The van der Waals surface area contributed by atoms with Gasteiger partial charge in [-0.1, -0.05) is 30.3 Å². The largest absolute Gasteiger partial charge is 0.475 e. The van der Waals surface area contributed by atoms with Crippen molar-refractivity contribution < 1.29 is 29.1 Å². The summed E-state index contributed by atoms with van der Waals surface area (Å²) in [6, 6.07) is 11.2. The van der Waals surface area contributed by atoms with Crippen LogP contribution in [0.15, 0.2) is 42.0 Å². The molecule has 2 amide bonds. The second-order valence-electron chi connectivity index (χ2n) is 9.78. The van der Waals surface area contributed by atoms with Crippen LogP contribution in [0.2, 0.25) is 0 Å². The van der Waals surface area contributed by atoms with Gasteiger partial charge in [0.15, 0.2) is 0 Å². The number of nitrogens with one attached hydrogen (secondary N) is 1. The van der Waals surface area contributed by atoms with E-state index < -0.39 is 24.7 Å². The van der Waals surface area contributed by atoms with Gasteiger partial charge < -0.3 is 29.7 Å². The van der Waals surface area contributed by atoms with Crippen LogP contribution in [0.4, 0.5) is 4.79 Å². The van der Waals surface area contributed by atoms with Crippen molar-refractivity contribution in [2.45, 2.75) is 38.2 Å². The van der Waals surface area contributed by atoms with Crippen LogP contribution in [0.5, 0.6) is 0 Å². The number of carbonyl (C=O) groups is 2. The Bertz CT molecular complexity index is 959. The molecule has 2 heterocycles. The van der Waals surface area contributed by atoms with Crippen LogP contribution in [0.3, 0.4) is 0 Å². The van der Waals surface area contributed by atoms with Gasteiger partial charge in [0.25, 0.3) is 5.91 Å². The average Bonchev–Trinajstić information content (AvgIpc) is 3.35. The number of carbonyl (C=O) groups excluding carboxylic acids is 2. The molecule has 0 radical (unpaired) electrons. The summed E-state index contributed by atoms with van der Waals surface area (Å²) in [5.74, 6) is -1.31. The van der Waals surface area contributed by atoms with Gasteiger partial charge >= 0.3 is 13.2 Å². The number of hydrogen-bond donors (Lipinski definition) is 3. The highest BCUT2D eigenvalue weighted by Gasteiger charge is 2.33. The Morgan fingerprint density at radius 2 is 1.97 bits per heavy atom. The third kappa shape index (κ3) is 7.80. The Balaban J connectivity index is 1.49. The zero-order valence-corrected chi connectivity index (χ0v) is 20.9. The zero-order valence-electron chi connectivity index (χ0n) is 20.9. The van der Waals surface area contributed by atoms with Gasteiger partial charge in [0.2, 0.25) is 0 Å². The average molecular weight is 498 g/mol. The first-order chi connectivity index (χ1) is 17.2. The fourth-order valence-electron chi connectivity index (χ4n) is 4.54. The quantitative estimate of drug-likeness (QED) is 0.258. The number of hydrogen-bond acceptors (Lipinski definition) is 8. The molecular formula is C25H35BN4O6. The maximum absolute atomic E-state index is 13.0. The fourth-order valence-corrected chi connectivity index (χ4v) is 4.54. The molecule has 2 atom stereocenters. The Morgan fingerprint density at radius 3 is 2.61 bits per heavy atom. The number of rotatable bonds is 9. The second kappa shape index (κ2) is 12.9. The van der Waals surface area contributed by atoms with E-state index in [-0.39, 0.29) is 30.4 Å². The number of amides is 2. The summed E-state index contributed by atoms with van der Waals surface area (Å²) in [6.07, 6.45) is 1.85. The molecule has 1 unspecified atom stereocenters. The topological polar surface area (TPSA) is 135 Å². The van der Waals surface area contributed by atoms with Crippen molar-refractivity contribution in [1.82, 2.24) is 15.1 Å². The lowest BCUT2D eigenvalue weighted by atomic mass is 9.76. The Hall–Kier alpha value is -2.91.